The van der Waals surface area contributed by atoms with E-state index in [1.54, 1.807) is 12.2 Å². The molecule has 0 aromatic rings. The minimum Gasteiger partial charge on any atom is -0.493 e. The van der Waals surface area contributed by atoms with Crippen LogP contribution in [0.15, 0.2) is 36.1 Å². The molecule has 0 N–H and O–H groups in total. The fraction of sp³-hybridized carbons (Fsp3) is 0.222. The van der Waals surface area contributed by atoms with E-state index in [0.29, 0.717) is 12.2 Å². The van der Waals surface area contributed by atoms with Gasteiger partial charge in [-0.3, -0.25) is 4.79 Å². The number of ether oxygens (including phenoxy) is 1. The molecule has 0 saturated carbocycles. The van der Waals surface area contributed by atoms with Crippen LogP contribution in [0.2, 0.25) is 0 Å². The highest BCUT2D eigenvalue weighted by atomic mass is 16.5. The zero-order valence-electron chi connectivity index (χ0n) is 6.41. The number of hydrogen-bond donors (Lipinski definition) is 0. The van der Waals surface area contributed by atoms with Gasteiger partial charge in [0, 0.05) is 6.42 Å². The molecule has 0 spiro atoms. The van der Waals surface area contributed by atoms with Crippen molar-refractivity contribution < 1.29 is 9.53 Å². The highest BCUT2D eigenvalue weighted by Gasteiger charge is 2.06. The van der Waals surface area contributed by atoms with Crippen molar-refractivity contribution >= 4 is 5.78 Å². The van der Waals surface area contributed by atoms with Crippen molar-refractivity contribution in [2.45, 2.75) is 6.42 Å². The van der Waals surface area contributed by atoms with Crippen molar-refractivity contribution in [3.63, 3.8) is 0 Å². The second-order valence-electron chi connectivity index (χ2n) is 2.18. The maximum absolute atomic E-state index is 11.1. The summed E-state index contributed by atoms with van der Waals surface area (Å²) in [4.78, 5) is 11.1. The number of Topliss-reactive ketones (excluding diaryl/α,β-unsaturated/α-hetero) is 1. The van der Waals surface area contributed by atoms with Crippen LogP contribution in [0, 0.1) is 0 Å². The Kier molecular flexibility index (Phi) is 2.66. The van der Waals surface area contributed by atoms with E-state index in [1.165, 1.54) is 7.11 Å². The number of ketones is 1. The Hall–Kier alpha value is -1.31. The predicted molar refractivity (Wildman–Crippen MR) is 43.0 cm³/mol. The molecule has 11 heavy (non-hydrogen) atoms. The number of hydrogen-bond acceptors (Lipinski definition) is 2. The average molecular weight is 150 g/mol. The van der Waals surface area contributed by atoms with Gasteiger partial charge in [0.05, 0.1) is 7.11 Å². The number of rotatable bonds is 1. The molecule has 58 valence electrons. The molecule has 0 radical (unpaired) electrons. The van der Waals surface area contributed by atoms with Crippen molar-refractivity contribution in [2.24, 2.45) is 0 Å². The molecule has 1 aliphatic carbocycles. The molecule has 1 rings (SSSR count). The SMILES string of the molecule is CO/C1=C/C=C\C=C/CC1=O. The third-order valence-corrected chi connectivity index (χ3v) is 1.40. The van der Waals surface area contributed by atoms with E-state index in [4.69, 9.17) is 4.74 Å². The molecular weight excluding hydrogens is 140 g/mol. The number of carbonyl (C=O) groups excluding carboxylic acids is 1. The first-order valence-electron chi connectivity index (χ1n) is 3.45. The first kappa shape index (κ1) is 7.79. The summed E-state index contributed by atoms with van der Waals surface area (Å²) in [6, 6.07) is 0. The molecule has 0 saturated heterocycles. The molecule has 0 atom stereocenters. The van der Waals surface area contributed by atoms with Gasteiger partial charge in [-0.15, -0.1) is 0 Å². The summed E-state index contributed by atoms with van der Waals surface area (Å²) in [5.41, 5.74) is 0. The van der Waals surface area contributed by atoms with E-state index in [0.717, 1.165) is 0 Å². The van der Waals surface area contributed by atoms with Crippen molar-refractivity contribution in [2.75, 3.05) is 7.11 Å². The molecule has 2 nitrogen and oxygen atoms in total. The molecule has 0 amide bonds. The summed E-state index contributed by atoms with van der Waals surface area (Å²) in [6.45, 7) is 0. The van der Waals surface area contributed by atoms with Gasteiger partial charge in [0.1, 0.15) is 0 Å². The van der Waals surface area contributed by atoms with Crippen molar-refractivity contribution in [3.05, 3.63) is 36.1 Å². The summed E-state index contributed by atoms with van der Waals surface area (Å²) in [5, 5.41) is 0. The lowest BCUT2D eigenvalue weighted by Gasteiger charge is -2.02. The standard InChI is InChI=1S/C9H10O2/c1-11-9-7-5-3-2-4-6-8(9)10/h2-5,7H,6H2,1H3/b4-2-,5-3-,9-7+. The number of methoxy groups -OCH3 is 1. The lowest BCUT2D eigenvalue weighted by molar-refractivity contribution is -0.117. The maximum atomic E-state index is 11.1. The average Bonchev–Trinajstić information content (AvgIpc) is 1.98. The molecule has 0 bridgehead atoms. The third kappa shape index (κ3) is 2.08. The number of allylic oxidation sites excluding steroid dienone is 6. The second kappa shape index (κ2) is 3.76. The Labute approximate surface area is 65.9 Å². The molecule has 0 fully saturated rings. The fourth-order valence-electron chi connectivity index (χ4n) is 0.836. The Morgan fingerprint density at radius 2 is 2.18 bits per heavy atom. The van der Waals surface area contributed by atoms with Gasteiger partial charge in [-0.25, -0.2) is 0 Å². The lowest BCUT2D eigenvalue weighted by atomic mass is 10.2. The maximum Gasteiger partial charge on any atom is 0.201 e. The molecule has 0 aliphatic heterocycles. The quantitative estimate of drug-likeness (QED) is 0.567. The smallest absolute Gasteiger partial charge is 0.201 e. The van der Waals surface area contributed by atoms with Crippen LogP contribution in [0.3, 0.4) is 0 Å². The Morgan fingerprint density at radius 1 is 1.36 bits per heavy atom. The summed E-state index contributed by atoms with van der Waals surface area (Å²) < 4.78 is 4.87. The van der Waals surface area contributed by atoms with Crippen LogP contribution in [-0.4, -0.2) is 12.9 Å². The van der Waals surface area contributed by atoms with E-state index in [9.17, 15) is 4.79 Å². The van der Waals surface area contributed by atoms with Gasteiger partial charge in [-0.1, -0.05) is 24.3 Å². The van der Waals surface area contributed by atoms with Crippen LogP contribution in [-0.2, 0) is 9.53 Å². The third-order valence-electron chi connectivity index (χ3n) is 1.40. The molecular formula is C9H10O2. The highest BCUT2D eigenvalue weighted by molar-refractivity contribution is 5.94. The van der Waals surface area contributed by atoms with Gasteiger partial charge < -0.3 is 4.74 Å². The van der Waals surface area contributed by atoms with E-state index in [-0.39, 0.29) is 5.78 Å². The van der Waals surface area contributed by atoms with Gasteiger partial charge in [-0.2, -0.15) is 0 Å². The highest BCUT2D eigenvalue weighted by Crippen LogP contribution is 2.04. The van der Waals surface area contributed by atoms with E-state index in [2.05, 4.69) is 0 Å². The van der Waals surface area contributed by atoms with Gasteiger partial charge in [0.15, 0.2) is 5.76 Å². The molecule has 0 aromatic heterocycles. The van der Waals surface area contributed by atoms with Gasteiger partial charge in [-0.05, 0) is 6.08 Å². The van der Waals surface area contributed by atoms with Crippen LogP contribution in [0.25, 0.3) is 0 Å². The first-order chi connectivity index (χ1) is 5.34. The summed E-state index contributed by atoms with van der Waals surface area (Å²) in [7, 11) is 1.50. The fourth-order valence-corrected chi connectivity index (χ4v) is 0.836. The molecule has 2 heteroatoms. The predicted octanol–water partition coefficient (Wildman–Crippen LogP) is 1.60. The summed E-state index contributed by atoms with van der Waals surface area (Å²) in [6.07, 6.45) is 9.40. The molecule has 0 aromatic carbocycles. The summed E-state index contributed by atoms with van der Waals surface area (Å²) in [5.74, 6) is 0.443. The Morgan fingerprint density at radius 3 is 2.91 bits per heavy atom. The lowest BCUT2D eigenvalue weighted by Crippen LogP contribution is -2.03. The minimum atomic E-state index is 0.0214. The molecule has 0 unspecified atom stereocenters. The van der Waals surface area contributed by atoms with Crippen molar-refractivity contribution in [1.29, 1.82) is 0 Å². The second-order valence-corrected chi connectivity index (χ2v) is 2.18. The van der Waals surface area contributed by atoms with E-state index >= 15 is 0 Å². The largest absolute Gasteiger partial charge is 0.493 e. The van der Waals surface area contributed by atoms with Crippen LogP contribution in [0.5, 0.6) is 0 Å². The van der Waals surface area contributed by atoms with Crippen LogP contribution in [0.4, 0.5) is 0 Å². The normalized spacial score (nSPS) is 27.7. The van der Waals surface area contributed by atoms with Crippen LogP contribution in [0.1, 0.15) is 6.42 Å². The minimum absolute atomic E-state index is 0.0214. The first-order valence-corrected chi connectivity index (χ1v) is 3.45. The van der Waals surface area contributed by atoms with Crippen LogP contribution >= 0.6 is 0 Å². The molecule has 0 heterocycles. The van der Waals surface area contributed by atoms with E-state index < -0.39 is 0 Å². The zero-order chi connectivity index (χ0) is 8.10. The van der Waals surface area contributed by atoms with Crippen molar-refractivity contribution in [1.82, 2.24) is 0 Å². The van der Waals surface area contributed by atoms with E-state index in [1.807, 2.05) is 18.2 Å². The summed E-state index contributed by atoms with van der Waals surface area (Å²) >= 11 is 0. The number of carbonyl (C=O) groups is 1. The molecule has 1 aliphatic rings. The topological polar surface area (TPSA) is 26.3 Å². The van der Waals surface area contributed by atoms with Gasteiger partial charge >= 0.3 is 0 Å². The Balaban J connectivity index is 2.82. The van der Waals surface area contributed by atoms with Crippen LogP contribution < -0.4 is 0 Å². The van der Waals surface area contributed by atoms with Gasteiger partial charge in [0.25, 0.3) is 0 Å². The van der Waals surface area contributed by atoms with Crippen molar-refractivity contribution in [3.8, 4) is 0 Å². The zero-order valence-corrected chi connectivity index (χ0v) is 6.41. The van der Waals surface area contributed by atoms with Gasteiger partial charge in [0.2, 0.25) is 5.78 Å². The monoisotopic (exact) mass is 150 g/mol. The Bertz CT molecular complexity index is 234.